The molecule has 21 heavy (non-hydrogen) atoms. The molecule has 2 aliphatic heterocycles. The number of benzene rings is 1. The number of piperidine rings is 1. The first-order valence-corrected chi connectivity index (χ1v) is 9.00. The maximum absolute atomic E-state index is 12.5. The Morgan fingerprint density at radius 1 is 1.05 bits per heavy atom. The lowest BCUT2D eigenvalue weighted by atomic mass is 10.0. The first-order valence-electron chi connectivity index (χ1n) is 7.39. The largest absolute Gasteiger partial charge is 0.350 e. The van der Waals surface area contributed by atoms with Crippen LogP contribution in [0.4, 0.5) is 0 Å². The van der Waals surface area contributed by atoms with Gasteiger partial charge in [0.2, 0.25) is 10.0 Å². The van der Waals surface area contributed by atoms with E-state index in [1.807, 2.05) is 30.3 Å². The van der Waals surface area contributed by atoms with Gasteiger partial charge in [0.15, 0.2) is 5.79 Å². The molecule has 2 saturated heterocycles. The number of ether oxygens (including phenoxy) is 2. The molecule has 2 aliphatic rings. The Labute approximate surface area is 125 Å². The lowest BCUT2D eigenvalue weighted by Gasteiger charge is -2.42. The highest BCUT2D eigenvalue weighted by Gasteiger charge is 2.41. The normalized spacial score (nSPS) is 23.2. The maximum atomic E-state index is 12.5. The highest BCUT2D eigenvalue weighted by molar-refractivity contribution is 7.88. The Hall–Kier alpha value is -0.950. The molecule has 0 aromatic heterocycles. The highest BCUT2D eigenvalue weighted by Crippen LogP contribution is 2.32. The summed E-state index contributed by atoms with van der Waals surface area (Å²) in [5, 5.41) is 0. The maximum Gasteiger partial charge on any atom is 0.218 e. The molecule has 0 atom stereocenters. The quantitative estimate of drug-likeness (QED) is 0.853. The van der Waals surface area contributed by atoms with Crippen molar-refractivity contribution in [3.8, 4) is 0 Å². The lowest BCUT2D eigenvalue weighted by Crippen LogP contribution is -2.51. The summed E-state index contributed by atoms with van der Waals surface area (Å²) in [4.78, 5) is 0. The molecule has 0 unspecified atom stereocenters. The molecule has 0 radical (unpaired) electrons. The molecule has 2 fully saturated rings. The van der Waals surface area contributed by atoms with E-state index in [9.17, 15) is 8.42 Å². The fraction of sp³-hybridized carbons (Fsp3) is 0.600. The van der Waals surface area contributed by atoms with Gasteiger partial charge in [0.05, 0.1) is 19.0 Å². The molecular weight excluding hydrogens is 290 g/mol. The van der Waals surface area contributed by atoms with Gasteiger partial charge in [0, 0.05) is 25.9 Å². The standard InChI is InChI=1S/C15H21NO4S/c17-21(18,13-14-5-2-1-3-6-14)16-9-7-15(8-10-16)19-11-4-12-20-15/h1-3,5-6H,4,7-13H2. The van der Waals surface area contributed by atoms with E-state index < -0.39 is 15.8 Å². The Balaban J connectivity index is 1.63. The molecule has 5 nitrogen and oxygen atoms in total. The number of sulfonamides is 1. The Kier molecular flexibility index (Phi) is 4.31. The van der Waals surface area contributed by atoms with Crippen molar-refractivity contribution >= 4 is 10.0 Å². The van der Waals surface area contributed by atoms with Crippen molar-refractivity contribution in [2.45, 2.75) is 30.8 Å². The van der Waals surface area contributed by atoms with Gasteiger partial charge in [-0.1, -0.05) is 30.3 Å². The number of nitrogens with zero attached hydrogens (tertiary/aromatic N) is 1. The molecule has 0 saturated carbocycles. The van der Waals surface area contributed by atoms with Gasteiger partial charge in [-0.3, -0.25) is 0 Å². The summed E-state index contributed by atoms with van der Waals surface area (Å²) in [6.45, 7) is 2.35. The topological polar surface area (TPSA) is 55.8 Å². The van der Waals surface area contributed by atoms with Gasteiger partial charge in [-0.05, 0) is 12.0 Å². The SMILES string of the molecule is O=S(=O)(Cc1ccccc1)N1CCC2(CC1)OCCCO2. The van der Waals surface area contributed by atoms with Gasteiger partial charge >= 0.3 is 0 Å². The van der Waals surface area contributed by atoms with Crippen molar-refractivity contribution in [3.63, 3.8) is 0 Å². The van der Waals surface area contributed by atoms with E-state index in [-0.39, 0.29) is 5.75 Å². The smallest absolute Gasteiger partial charge is 0.218 e. The van der Waals surface area contributed by atoms with Crippen molar-refractivity contribution in [2.75, 3.05) is 26.3 Å². The summed E-state index contributed by atoms with van der Waals surface area (Å²) >= 11 is 0. The molecule has 2 heterocycles. The molecule has 0 bridgehead atoms. The van der Waals surface area contributed by atoms with Crippen LogP contribution in [0.2, 0.25) is 0 Å². The predicted molar refractivity (Wildman–Crippen MR) is 79.1 cm³/mol. The van der Waals surface area contributed by atoms with E-state index in [1.165, 1.54) is 0 Å². The van der Waals surface area contributed by atoms with E-state index >= 15 is 0 Å². The minimum atomic E-state index is -3.27. The highest BCUT2D eigenvalue weighted by atomic mass is 32.2. The zero-order valence-electron chi connectivity index (χ0n) is 12.0. The van der Waals surface area contributed by atoms with E-state index in [1.54, 1.807) is 4.31 Å². The molecular formula is C15H21NO4S. The van der Waals surface area contributed by atoms with Gasteiger partial charge in [-0.15, -0.1) is 0 Å². The summed E-state index contributed by atoms with van der Waals surface area (Å²) in [5.41, 5.74) is 0.822. The van der Waals surface area contributed by atoms with Crippen molar-refractivity contribution in [3.05, 3.63) is 35.9 Å². The molecule has 3 rings (SSSR count). The average molecular weight is 311 g/mol. The summed E-state index contributed by atoms with van der Waals surface area (Å²) in [5.74, 6) is -0.487. The minimum Gasteiger partial charge on any atom is -0.350 e. The lowest BCUT2D eigenvalue weighted by molar-refractivity contribution is -0.280. The van der Waals surface area contributed by atoms with E-state index in [2.05, 4.69) is 0 Å². The van der Waals surface area contributed by atoms with Crippen molar-refractivity contribution in [1.82, 2.24) is 4.31 Å². The van der Waals surface area contributed by atoms with Crippen LogP contribution in [-0.4, -0.2) is 44.8 Å². The molecule has 1 aromatic carbocycles. The van der Waals surface area contributed by atoms with Crippen LogP contribution in [0.5, 0.6) is 0 Å². The molecule has 1 spiro atoms. The van der Waals surface area contributed by atoms with E-state index in [0.29, 0.717) is 39.1 Å². The van der Waals surface area contributed by atoms with Gasteiger partial charge in [-0.2, -0.15) is 0 Å². The van der Waals surface area contributed by atoms with Crippen LogP contribution in [0.25, 0.3) is 0 Å². The van der Waals surface area contributed by atoms with Crippen LogP contribution in [0.3, 0.4) is 0 Å². The zero-order chi connectivity index (χ0) is 14.8. The average Bonchev–Trinajstić information content (AvgIpc) is 2.49. The molecule has 116 valence electrons. The Bertz CT molecular complexity index is 557. The first kappa shape index (κ1) is 15.0. The van der Waals surface area contributed by atoms with E-state index in [4.69, 9.17) is 9.47 Å². The van der Waals surface area contributed by atoms with Gasteiger partial charge in [-0.25, -0.2) is 12.7 Å². The molecule has 0 amide bonds. The summed E-state index contributed by atoms with van der Waals surface area (Å²) < 4.78 is 38.0. The second kappa shape index (κ2) is 6.04. The zero-order valence-corrected chi connectivity index (χ0v) is 12.8. The molecule has 1 aromatic rings. The van der Waals surface area contributed by atoms with E-state index in [0.717, 1.165) is 12.0 Å². The number of hydrogen-bond donors (Lipinski definition) is 0. The Morgan fingerprint density at radius 2 is 1.67 bits per heavy atom. The van der Waals surface area contributed by atoms with Crippen molar-refractivity contribution < 1.29 is 17.9 Å². The van der Waals surface area contributed by atoms with Crippen LogP contribution < -0.4 is 0 Å². The van der Waals surface area contributed by atoms with Crippen LogP contribution in [0.15, 0.2) is 30.3 Å². The van der Waals surface area contributed by atoms with Crippen LogP contribution in [-0.2, 0) is 25.2 Å². The van der Waals surface area contributed by atoms with Crippen molar-refractivity contribution in [1.29, 1.82) is 0 Å². The fourth-order valence-electron chi connectivity index (χ4n) is 2.89. The number of rotatable bonds is 3. The minimum absolute atomic E-state index is 0.0581. The third-order valence-electron chi connectivity index (χ3n) is 4.09. The second-order valence-electron chi connectivity index (χ2n) is 5.60. The van der Waals surface area contributed by atoms with Gasteiger partial charge in [0.1, 0.15) is 0 Å². The first-order chi connectivity index (χ1) is 10.1. The summed E-state index contributed by atoms with van der Waals surface area (Å²) in [6.07, 6.45) is 2.14. The monoisotopic (exact) mass is 311 g/mol. The molecule has 6 heteroatoms. The fourth-order valence-corrected chi connectivity index (χ4v) is 4.42. The van der Waals surface area contributed by atoms with Crippen LogP contribution in [0.1, 0.15) is 24.8 Å². The predicted octanol–water partition coefficient (Wildman–Crippen LogP) is 1.75. The summed E-state index contributed by atoms with van der Waals surface area (Å²) in [6, 6.07) is 9.30. The summed E-state index contributed by atoms with van der Waals surface area (Å²) in [7, 11) is -3.27. The van der Waals surface area contributed by atoms with Crippen LogP contribution in [0, 0.1) is 0 Å². The number of hydrogen-bond acceptors (Lipinski definition) is 4. The third-order valence-corrected chi connectivity index (χ3v) is 5.94. The Morgan fingerprint density at radius 3 is 2.29 bits per heavy atom. The van der Waals surface area contributed by atoms with Gasteiger partial charge < -0.3 is 9.47 Å². The molecule has 0 aliphatic carbocycles. The third kappa shape index (κ3) is 3.45. The van der Waals surface area contributed by atoms with Gasteiger partial charge in [0.25, 0.3) is 0 Å². The van der Waals surface area contributed by atoms with Crippen LogP contribution >= 0.6 is 0 Å². The molecule has 0 N–H and O–H groups in total. The van der Waals surface area contributed by atoms with Crippen molar-refractivity contribution in [2.24, 2.45) is 0 Å². The second-order valence-corrected chi connectivity index (χ2v) is 7.57.